The molecule has 1 N–H and O–H groups in total. The molecule has 0 bridgehead atoms. The van der Waals surface area contributed by atoms with Gasteiger partial charge in [-0.3, -0.25) is 4.79 Å². The zero-order valence-corrected chi connectivity index (χ0v) is 11.5. The Kier molecular flexibility index (Phi) is 3.25. The Labute approximate surface area is 122 Å². The lowest BCUT2D eigenvalue weighted by atomic mass is 9.97. The maximum atomic E-state index is 12.5. The van der Waals surface area contributed by atoms with E-state index in [1.807, 2.05) is 49.4 Å². The number of H-pyrrole nitrogens is 1. The number of hydrogen-bond donors (Lipinski definition) is 1. The van der Waals surface area contributed by atoms with Gasteiger partial charge in [0.15, 0.2) is 11.7 Å². The number of imidazole rings is 1. The van der Waals surface area contributed by atoms with Gasteiger partial charge in [-0.15, -0.1) is 0 Å². The predicted molar refractivity (Wildman–Crippen MR) is 80.0 cm³/mol. The van der Waals surface area contributed by atoms with Crippen molar-refractivity contribution in [3.63, 3.8) is 0 Å². The second-order valence-corrected chi connectivity index (χ2v) is 4.93. The van der Waals surface area contributed by atoms with Gasteiger partial charge in [-0.25, -0.2) is 4.98 Å². The Bertz CT molecular complexity index is 807. The minimum absolute atomic E-state index is 0.239. The molecular weight excluding hydrogens is 262 g/mol. The van der Waals surface area contributed by atoms with Crippen molar-refractivity contribution in [3.05, 3.63) is 65.5 Å². The Morgan fingerprint density at radius 1 is 1.19 bits per heavy atom. The van der Waals surface area contributed by atoms with Crippen LogP contribution >= 0.6 is 0 Å². The van der Waals surface area contributed by atoms with Crippen LogP contribution < -0.4 is 0 Å². The highest BCUT2D eigenvalue weighted by atomic mass is 16.1. The summed E-state index contributed by atoms with van der Waals surface area (Å²) in [4.78, 5) is 19.9. The Morgan fingerprint density at radius 2 is 1.90 bits per heavy atom. The van der Waals surface area contributed by atoms with Gasteiger partial charge in [-0.05, 0) is 19.1 Å². The number of carbonyl (C=O) groups excluding carboxylic acids is 1. The van der Waals surface area contributed by atoms with Crippen LogP contribution in [0.1, 0.15) is 27.7 Å². The van der Waals surface area contributed by atoms with Crippen LogP contribution in [0.5, 0.6) is 0 Å². The molecule has 21 heavy (non-hydrogen) atoms. The first-order chi connectivity index (χ1) is 10.2. The van der Waals surface area contributed by atoms with E-state index in [1.54, 1.807) is 12.1 Å². The van der Waals surface area contributed by atoms with Gasteiger partial charge in [0.2, 0.25) is 0 Å². The summed E-state index contributed by atoms with van der Waals surface area (Å²) in [5, 5.41) is 9.36. The van der Waals surface area contributed by atoms with Gasteiger partial charge in [0.1, 0.15) is 5.82 Å². The number of Topliss-reactive ketones (excluding diaryl/α,β-unsaturated/α-hetero) is 1. The van der Waals surface area contributed by atoms with E-state index in [0.29, 0.717) is 11.4 Å². The molecule has 0 aliphatic carbocycles. The van der Waals surface area contributed by atoms with E-state index in [0.717, 1.165) is 16.6 Å². The fourth-order valence-electron chi connectivity index (χ4n) is 2.24. The number of carbonyl (C=O) groups is 1. The van der Waals surface area contributed by atoms with Crippen molar-refractivity contribution in [2.75, 3.05) is 0 Å². The van der Waals surface area contributed by atoms with Crippen molar-refractivity contribution in [2.24, 2.45) is 0 Å². The zero-order valence-electron chi connectivity index (χ0n) is 11.5. The van der Waals surface area contributed by atoms with Crippen LogP contribution in [0.3, 0.4) is 0 Å². The molecule has 1 unspecified atom stereocenters. The van der Waals surface area contributed by atoms with Crippen LogP contribution in [0.4, 0.5) is 0 Å². The van der Waals surface area contributed by atoms with Gasteiger partial charge in [-0.2, -0.15) is 5.26 Å². The van der Waals surface area contributed by atoms with E-state index in [4.69, 9.17) is 0 Å². The first-order valence-electron chi connectivity index (χ1n) is 6.64. The number of fused-ring (bicyclic) bond motifs is 1. The first-order valence-corrected chi connectivity index (χ1v) is 6.64. The summed E-state index contributed by atoms with van der Waals surface area (Å²) in [5.74, 6) is -0.763. The average molecular weight is 275 g/mol. The Balaban J connectivity index is 1.99. The van der Waals surface area contributed by atoms with E-state index in [-0.39, 0.29) is 5.78 Å². The zero-order chi connectivity index (χ0) is 14.8. The number of hydrogen-bond acceptors (Lipinski definition) is 3. The van der Waals surface area contributed by atoms with Gasteiger partial charge < -0.3 is 4.98 Å². The topological polar surface area (TPSA) is 69.5 Å². The van der Waals surface area contributed by atoms with Crippen LogP contribution in [-0.2, 0) is 0 Å². The van der Waals surface area contributed by atoms with Crippen molar-refractivity contribution in [1.82, 2.24) is 9.97 Å². The molecule has 0 amide bonds. The standard InChI is InChI=1S/C17H13N3O/c1-11-6-8-12(9-7-11)16(21)13(10-18)17-19-14-4-2-3-5-15(14)20-17/h2-9,13H,1H3,(H,19,20). The molecule has 0 radical (unpaired) electrons. The molecule has 1 heterocycles. The molecule has 0 aliphatic heterocycles. The first kappa shape index (κ1) is 13.1. The van der Waals surface area contributed by atoms with Gasteiger partial charge in [0, 0.05) is 5.56 Å². The summed E-state index contributed by atoms with van der Waals surface area (Å²) < 4.78 is 0. The minimum atomic E-state index is -0.917. The number of para-hydroxylation sites is 2. The lowest BCUT2D eigenvalue weighted by Gasteiger charge is -2.05. The highest BCUT2D eigenvalue weighted by molar-refractivity contribution is 6.02. The van der Waals surface area contributed by atoms with Crippen molar-refractivity contribution in [2.45, 2.75) is 12.8 Å². The third kappa shape index (κ3) is 2.41. The molecule has 1 atom stereocenters. The number of nitriles is 1. The van der Waals surface area contributed by atoms with Gasteiger partial charge >= 0.3 is 0 Å². The number of aromatic nitrogens is 2. The molecule has 2 aromatic carbocycles. The molecular formula is C17H13N3O. The van der Waals surface area contributed by atoms with Crippen molar-refractivity contribution in [1.29, 1.82) is 5.26 Å². The SMILES string of the molecule is Cc1ccc(C(=O)C(C#N)c2nc3ccccc3[nH]2)cc1. The smallest absolute Gasteiger partial charge is 0.187 e. The van der Waals surface area contributed by atoms with E-state index >= 15 is 0 Å². The highest BCUT2D eigenvalue weighted by Gasteiger charge is 2.24. The average Bonchev–Trinajstić information content (AvgIpc) is 2.92. The molecule has 102 valence electrons. The predicted octanol–water partition coefficient (Wildman–Crippen LogP) is 3.36. The number of aromatic amines is 1. The van der Waals surface area contributed by atoms with Crippen molar-refractivity contribution in [3.8, 4) is 6.07 Å². The molecule has 4 nitrogen and oxygen atoms in total. The highest BCUT2D eigenvalue weighted by Crippen LogP contribution is 2.21. The number of ketones is 1. The molecule has 3 rings (SSSR count). The molecule has 0 saturated heterocycles. The van der Waals surface area contributed by atoms with Gasteiger partial charge in [0.05, 0.1) is 17.1 Å². The lowest BCUT2D eigenvalue weighted by Crippen LogP contribution is -2.12. The minimum Gasteiger partial charge on any atom is -0.340 e. The van der Waals surface area contributed by atoms with Crippen molar-refractivity contribution < 1.29 is 4.79 Å². The fourth-order valence-corrected chi connectivity index (χ4v) is 2.24. The fraction of sp³-hybridized carbons (Fsp3) is 0.118. The van der Waals surface area contributed by atoms with Crippen LogP contribution in [0.15, 0.2) is 48.5 Å². The molecule has 1 aromatic heterocycles. The van der Waals surface area contributed by atoms with Crippen LogP contribution in [-0.4, -0.2) is 15.8 Å². The molecule has 4 heteroatoms. The molecule has 0 saturated carbocycles. The second kappa shape index (κ2) is 5.22. The number of nitrogens with one attached hydrogen (secondary N) is 1. The van der Waals surface area contributed by atoms with E-state index in [2.05, 4.69) is 9.97 Å². The number of aryl methyl sites for hydroxylation is 1. The summed E-state index contributed by atoms with van der Waals surface area (Å²) in [5.41, 5.74) is 3.17. The Hall–Kier alpha value is -2.93. The third-order valence-corrected chi connectivity index (χ3v) is 3.41. The summed E-state index contributed by atoms with van der Waals surface area (Å²) in [6.07, 6.45) is 0. The van der Waals surface area contributed by atoms with E-state index in [1.165, 1.54) is 0 Å². The Morgan fingerprint density at radius 3 is 2.57 bits per heavy atom. The number of rotatable bonds is 3. The lowest BCUT2D eigenvalue weighted by molar-refractivity contribution is 0.0976. The van der Waals surface area contributed by atoms with Crippen molar-refractivity contribution >= 4 is 16.8 Å². The third-order valence-electron chi connectivity index (χ3n) is 3.41. The molecule has 0 spiro atoms. The van der Waals surface area contributed by atoms with E-state index in [9.17, 15) is 10.1 Å². The molecule has 0 fully saturated rings. The summed E-state index contributed by atoms with van der Waals surface area (Å²) in [7, 11) is 0. The molecule has 3 aromatic rings. The van der Waals surface area contributed by atoms with Gasteiger partial charge in [-0.1, -0.05) is 42.0 Å². The second-order valence-electron chi connectivity index (χ2n) is 4.93. The van der Waals surface area contributed by atoms with Crippen LogP contribution in [0, 0.1) is 18.3 Å². The quantitative estimate of drug-likeness (QED) is 0.745. The van der Waals surface area contributed by atoms with Crippen LogP contribution in [0.25, 0.3) is 11.0 Å². The maximum absolute atomic E-state index is 12.5. The summed E-state index contributed by atoms with van der Waals surface area (Å²) in [6, 6.07) is 16.7. The largest absolute Gasteiger partial charge is 0.340 e. The maximum Gasteiger partial charge on any atom is 0.187 e. The summed E-state index contributed by atoms with van der Waals surface area (Å²) in [6.45, 7) is 1.95. The summed E-state index contributed by atoms with van der Waals surface area (Å²) >= 11 is 0. The molecule has 0 aliphatic rings. The number of benzene rings is 2. The monoisotopic (exact) mass is 275 g/mol. The van der Waals surface area contributed by atoms with Crippen LogP contribution in [0.2, 0.25) is 0 Å². The van der Waals surface area contributed by atoms with Gasteiger partial charge in [0.25, 0.3) is 0 Å². The normalized spacial score (nSPS) is 12.0. The van der Waals surface area contributed by atoms with E-state index < -0.39 is 5.92 Å². The number of nitrogens with zero attached hydrogens (tertiary/aromatic N) is 2.